The summed E-state index contributed by atoms with van der Waals surface area (Å²) in [7, 11) is 0. The molecule has 1 heterocycles. The molecule has 3 rings (SSSR count). The van der Waals surface area contributed by atoms with Gasteiger partial charge in [0.1, 0.15) is 5.75 Å². The van der Waals surface area contributed by atoms with Crippen molar-refractivity contribution in [2.75, 3.05) is 19.0 Å². The van der Waals surface area contributed by atoms with Gasteiger partial charge in [0.05, 0.1) is 29.1 Å². The molecular formula is C20H19N3O3S. The van der Waals surface area contributed by atoms with Gasteiger partial charge in [0.15, 0.2) is 5.16 Å². The van der Waals surface area contributed by atoms with E-state index < -0.39 is 0 Å². The van der Waals surface area contributed by atoms with Gasteiger partial charge in [-0.25, -0.2) is 4.98 Å². The third kappa shape index (κ3) is 4.67. The van der Waals surface area contributed by atoms with E-state index in [1.807, 2.05) is 18.2 Å². The average Bonchev–Trinajstić information content (AvgIpc) is 2.71. The van der Waals surface area contributed by atoms with E-state index >= 15 is 0 Å². The van der Waals surface area contributed by atoms with Crippen LogP contribution in [0, 0.1) is 11.3 Å². The van der Waals surface area contributed by atoms with E-state index in [2.05, 4.69) is 11.1 Å². The molecule has 7 heteroatoms. The molecule has 3 aromatic rings. The Hall–Kier alpha value is -2.82. The van der Waals surface area contributed by atoms with Crippen molar-refractivity contribution in [1.82, 2.24) is 9.55 Å². The largest absolute Gasteiger partial charge is 0.493 e. The summed E-state index contributed by atoms with van der Waals surface area (Å²) in [5.74, 6) is 1.31. The Morgan fingerprint density at radius 1 is 1.19 bits per heavy atom. The number of para-hydroxylation sites is 1. The number of rotatable bonds is 8. The van der Waals surface area contributed by atoms with Crippen LogP contribution in [-0.4, -0.2) is 33.6 Å². The Kier molecular flexibility index (Phi) is 6.47. The van der Waals surface area contributed by atoms with Crippen LogP contribution in [0.1, 0.15) is 12.0 Å². The molecule has 0 bridgehead atoms. The first-order valence-electron chi connectivity index (χ1n) is 8.59. The summed E-state index contributed by atoms with van der Waals surface area (Å²) < 4.78 is 7.30. The number of nitrogens with zero attached hydrogens (tertiary/aromatic N) is 3. The molecule has 0 unspecified atom stereocenters. The van der Waals surface area contributed by atoms with Gasteiger partial charge >= 0.3 is 0 Å². The number of aromatic nitrogens is 2. The van der Waals surface area contributed by atoms with E-state index in [0.29, 0.717) is 52.7 Å². The SMILES string of the molecule is N#Cc1ccc(OCCSc2nc3ccccc3c(=O)n2CCCO)cc1. The monoisotopic (exact) mass is 381 g/mol. The number of hydrogen-bond acceptors (Lipinski definition) is 6. The van der Waals surface area contributed by atoms with Gasteiger partial charge in [-0.2, -0.15) is 5.26 Å². The molecule has 0 radical (unpaired) electrons. The van der Waals surface area contributed by atoms with Crippen molar-refractivity contribution in [3.05, 3.63) is 64.4 Å². The molecule has 0 spiro atoms. The quantitative estimate of drug-likeness (QED) is 0.367. The van der Waals surface area contributed by atoms with Crippen molar-refractivity contribution in [1.29, 1.82) is 5.26 Å². The highest BCUT2D eigenvalue weighted by atomic mass is 32.2. The highest BCUT2D eigenvalue weighted by Crippen LogP contribution is 2.19. The number of benzene rings is 2. The molecule has 0 saturated heterocycles. The third-order valence-electron chi connectivity index (χ3n) is 3.93. The Morgan fingerprint density at radius 3 is 2.70 bits per heavy atom. The van der Waals surface area contributed by atoms with Crippen molar-refractivity contribution < 1.29 is 9.84 Å². The summed E-state index contributed by atoms with van der Waals surface area (Å²) >= 11 is 1.45. The maximum atomic E-state index is 12.7. The minimum absolute atomic E-state index is 0.0190. The zero-order chi connectivity index (χ0) is 19.1. The van der Waals surface area contributed by atoms with Gasteiger partial charge in [-0.15, -0.1) is 0 Å². The summed E-state index contributed by atoms with van der Waals surface area (Å²) in [4.78, 5) is 17.3. The van der Waals surface area contributed by atoms with Gasteiger partial charge in [-0.1, -0.05) is 23.9 Å². The van der Waals surface area contributed by atoms with Gasteiger partial charge in [0, 0.05) is 18.9 Å². The highest BCUT2D eigenvalue weighted by molar-refractivity contribution is 7.99. The van der Waals surface area contributed by atoms with E-state index in [9.17, 15) is 4.79 Å². The Balaban J connectivity index is 1.71. The third-order valence-corrected chi connectivity index (χ3v) is 4.87. The van der Waals surface area contributed by atoms with Crippen molar-refractivity contribution in [3.8, 4) is 11.8 Å². The fraction of sp³-hybridized carbons (Fsp3) is 0.250. The Bertz CT molecular complexity index is 1010. The topological polar surface area (TPSA) is 88.1 Å². The zero-order valence-corrected chi connectivity index (χ0v) is 15.5. The average molecular weight is 381 g/mol. The van der Waals surface area contributed by atoms with Crippen molar-refractivity contribution in [2.24, 2.45) is 0 Å². The lowest BCUT2D eigenvalue weighted by Gasteiger charge is -2.13. The normalized spacial score (nSPS) is 10.7. The number of fused-ring (bicyclic) bond motifs is 1. The van der Waals surface area contributed by atoms with Crippen LogP contribution < -0.4 is 10.3 Å². The second-order valence-corrected chi connectivity index (χ2v) is 6.84. The molecule has 1 N–H and O–H groups in total. The summed E-state index contributed by atoms with van der Waals surface area (Å²) in [6.45, 7) is 0.885. The Morgan fingerprint density at radius 2 is 1.96 bits per heavy atom. The molecule has 0 saturated carbocycles. The van der Waals surface area contributed by atoms with Crippen LogP contribution in [0.25, 0.3) is 10.9 Å². The molecule has 1 aromatic heterocycles. The number of nitriles is 1. The van der Waals surface area contributed by atoms with E-state index in [1.165, 1.54) is 11.8 Å². The van der Waals surface area contributed by atoms with Crippen molar-refractivity contribution >= 4 is 22.7 Å². The number of hydrogen-bond donors (Lipinski definition) is 1. The van der Waals surface area contributed by atoms with Gasteiger partial charge in [-0.05, 0) is 42.8 Å². The molecular weight excluding hydrogens is 362 g/mol. The molecule has 0 aliphatic carbocycles. The molecule has 0 atom stereocenters. The van der Waals surface area contributed by atoms with Crippen LogP contribution >= 0.6 is 11.8 Å². The van der Waals surface area contributed by atoms with E-state index in [1.54, 1.807) is 34.9 Å². The van der Waals surface area contributed by atoms with Crippen LogP contribution in [0.15, 0.2) is 58.5 Å². The Labute approximate surface area is 161 Å². The minimum Gasteiger partial charge on any atom is -0.493 e. The zero-order valence-electron chi connectivity index (χ0n) is 14.7. The predicted octanol–water partition coefficient (Wildman–Crippen LogP) is 2.82. The smallest absolute Gasteiger partial charge is 0.262 e. The lowest BCUT2D eigenvalue weighted by Crippen LogP contribution is -2.24. The van der Waals surface area contributed by atoms with Crippen LogP contribution in [0.5, 0.6) is 5.75 Å². The summed E-state index contributed by atoms with van der Waals surface area (Å²) in [5.41, 5.74) is 1.16. The van der Waals surface area contributed by atoms with Gasteiger partial charge in [0.25, 0.3) is 5.56 Å². The van der Waals surface area contributed by atoms with Gasteiger partial charge < -0.3 is 9.84 Å². The second kappa shape index (κ2) is 9.21. The standard InChI is InChI=1S/C20H19N3O3S/c21-14-15-6-8-16(9-7-15)26-12-13-27-20-22-18-5-2-1-4-17(18)19(25)23(20)10-3-11-24/h1-2,4-9,24H,3,10-13H2. The summed E-state index contributed by atoms with van der Waals surface area (Å²) in [5, 5.41) is 19.1. The van der Waals surface area contributed by atoms with Crippen molar-refractivity contribution in [3.63, 3.8) is 0 Å². The van der Waals surface area contributed by atoms with Crippen LogP contribution in [0.2, 0.25) is 0 Å². The molecule has 2 aromatic carbocycles. The molecule has 27 heavy (non-hydrogen) atoms. The van der Waals surface area contributed by atoms with Gasteiger partial charge in [0.2, 0.25) is 0 Å². The summed E-state index contributed by atoms with van der Waals surface area (Å²) in [6.07, 6.45) is 0.495. The minimum atomic E-state index is -0.0930. The number of thioether (sulfide) groups is 1. The van der Waals surface area contributed by atoms with E-state index in [0.717, 1.165) is 0 Å². The molecule has 6 nitrogen and oxygen atoms in total. The van der Waals surface area contributed by atoms with Crippen molar-refractivity contribution in [2.45, 2.75) is 18.1 Å². The molecule has 0 aliphatic heterocycles. The van der Waals surface area contributed by atoms with E-state index in [4.69, 9.17) is 15.1 Å². The predicted molar refractivity (Wildman–Crippen MR) is 105 cm³/mol. The highest BCUT2D eigenvalue weighted by Gasteiger charge is 2.11. The van der Waals surface area contributed by atoms with Crippen LogP contribution in [0.4, 0.5) is 0 Å². The maximum absolute atomic E-state index is 12.7. The fourth-order valence-electron chi connectivity index (χ4n) is 2.60. The fourth-order valence-corrected chi connectivity index (χ4v) is 3.44. The van der Waals surface area contributed by atoms with E-state index in [-0.39, 0.29) is 12.2 Å². The first-order valence-corrected chi connectivity index (χ1v) is 9.57. The lowest BCUT2D eigenvalue weighted by molar-refractivity contribution is 0.276. The second-order valence-electron chi connectivity index (χ2n) is 5.78. The first kappa shape index (κ1) is 19.0. The molecule has 138 valence electrons. The maximum Gasteiger partial charge on any atom is 0.262 e. The van der Waals surface area contributed by atoms with Gasteiger partial charge in [-0.3, -0.25) is 9.36 Å². The van der Waals surface area contributed by atoms with Crippen LogP contribution in [-0.2, 0) is 6.54 Å². The summed E-state index contributed by atoms with van der Waals surface area (Å²) in [6, 6.07) is 16.3. The molecule has 0 fully saturated rings. The molecule has 0 aliphatic rings. The number of aliphatic hydroxyl groups excluding tert-OH is 1. The first-order chi connectivity index (χ1) is 13.2. The number of ether oxygens (including phenoxy) is 1. The number of aliphatic hydroxyl groups is 1. The molecule has 0 amide bonds. The lowest BCUT2D eigenvalue weighted by atomic mass is 10.2. The van der Waals surface area contributed by atoms with Crippen LogP contribution in [0.3, 0.4) is 0 Å².